The van der Waals surface area contributed by atoms with Crippen molar-refractivity contribution < 1.29 is 43.2 Å². The molecule has 1 N–H and O–H groups in total. The zero-order valence-corrected chi connectivity index (χ0v) is 20.4. The van der Waals surface area contributed by atoms with E-state index in [1.165, 1.54) is 0 Å². The van der Waals surface area contributed by atoms with Gasteiger partial charge in [0.05, 0.1) is 39.3 Å². The zero-order valence-electron chi connectivity index (χ0n) is 20.4. The van der Waals surface area contributed by atoms with E-state index in [2.05, 4.69) is 4.74 Å². The van der Waals surface area contributed by atoms with Gasteiger partial charge in [-0.3, -0.25) is 14.4 Å². The highest BCUT2D eigenvalue weighted by atomic mass is 16.6. The van der Waals surface area contributed by atoms with Crippen molar-refractivity contribution in [2.24, 2.45) is 0 Å². The lowest BCUT2D eigenvalue weighted by Gasteiger charge is -2.24. The number of ether oxygens (including phenoxy) is 4. The fourth-order valence-electron chi connectivity index (χ4n) is 2.15. The molecule has 0 amide bonds. The molecular formula is C23H42O9. The van der Waals surface area contributed by atoms with Crippen molar-refractivity contribution >= 4 is 23.9 Å². The molecule has 0 bridgehead atoms. The summed E-state index contributed by atoms with van der Waals surface area (Å²) in [5, 5.41) is 10.6. The fraction of sp³-hybridized carbons (Fsp3) is 0.826. The first-order chi connectivity index (χ1) is 15.2. The Balaban J connectivity index is 0. The number of rotatable bonds is 16. The lowest BCUT2D eigenvalue weighted by molar-refractivity contribution is -0.178. The molecule has 0 saturated heterocycles. The summed E-state index contributed by atoms with van der Waals surface area (Å²) < 4.78 is 19.5. The average molecular weight is 463 g/mol. The second-order valence-corrected chi connectivity index (χ2v) is 7.18. The van der Waals surface area contributed by atoms with Crippen LogP contribution >= 0.6 is 0 Å². The van der Waals surface area contributed by atoms with Crippen LogP contribution < -0.4 is 0 Å². The molecule has 32 heavy (non-hydrogen) atoms. The van der Waals surface area contributed by atoms with Crippen LogP contribution in [0.25, 0.3) is 0 Å². The molecule has 9 nitrogen and oxygen atoms in total. The quantitative estimate of drug-likeness (QED) is 0.208. The zero-order chi connectivity index (χ0) is 24.8. The van der Waals surface area contributed by atoms with Crippen LogP contribution in [0.4, 0.5) is 0 Å². The van der Waals surface area contributed by atoms with Gasteiger partial charge in [-0.05, 0) is 26.2 Å². The van der Waals surface area contributed by atoms with Gasteiger partial charge in [-0.25, -0.2) is 4.79 Å². The molecule has 0 aromatic rings. The van der Waals surface area contributed by atoms with Crippen molar-refractivity contribution in [2.45, 2.75) is 98.0 Å². The number of esters is 4. The minimum Gasteiger partial charge on any atom is -0.466 e. The third-order valence-corrected chi connectivity index (χ3v) is 4.10. The Hall–Kier alpha value is -2.16. The number of unbranched alkanes of at least 4 members (excludes halogenated alkanes) is 3. The van der Waals surface area contributed by atoms with Gasteiger partial charge in [0.25, 0.3) is 0 Å². The van der Waals surface area contributed by atoms with Gasteiger partial charge in [0.1, 0.15) is 0 Å². The molecule has 0 aliphatic heterocycles. The van der Waals surface area contributed by atoms with E-state index in [0.29, 0.717) is 32.3 Å². The summed E-state index contributed by atoms with van der Waals surface area (Å²) in [6.45, 7) is 10.4. The minimum atomic E-state index is -2.26. The van der Waals surface area contributed by atoms with Crippen molar-refractivity contribution in [2.75, 3.05) is 26.4 Å². The first kappa shape index (κ1) is 32.0. The van der Waals surface area contributed by atoms with Gasteiger partial charge in [0, 0.05) is 6.42 Å². The predicted octanol–water partition coefficient (Wildman–Crippen LogP) is 3.49. The summed E-state index contributed by atoms with van der Waals surface area (Å²) in [4.78, 5) is 46.1. The van der Waals surface area contributed by atoms with Crippen molar-refractivity contribution in [3.05, 3.63) is 0 Å². The Labute approximate surface area is 192 Å². The van der Waals surface area contributed by atoms with E-state index in [-0.39, 0.29) is 25.8 Å². The molecule has 0 fully saturated rings. The number of hydrogen-bond donors (Lipinski definition) is 1. The van der Waals surface area contributed by atoms with Crippen LogP contribution in [0.5, 0.6) is 0 Å². The molecule has 0 unspecified atom stereocenters. The largest absolute Gasteiger partial charge is 0.466 e. The van der Waals surface area contributed by atoms with E-state index in [1.54, 1.807) is 13.8 Å². The Morgan fingerprint density at radius 3 is 1.34 bits per heavy atom. The topological polar surface area (TPSA) is 125 Å². The maximum absolute atomic E-state index is 12.2. The average Bonchev–Trinajstić information content (AvgIpc) is 2.74. The van der Waals surface area contributed by atoms with Gasteiger partial charge >= 0.3 is 23.9 Å². The van der Waals surface area contributed by atoms with Gasteiger partial charge in [0.2, 0.25) is 0 Å². The second-order valence-electron chi connectivity index (χ2n) is 7.18. The van der Waals surface area contributed by atoms with Crippen molar-refractivity contribution in [1.29, 1.82) is 0 Å². The Morgan fingerprint density at radius 1 is 0.625 bits per heavy atom. The number of carbonyl (C=O) groups is 4. The highest BCUT2D eigenvalue weighted by molar-refractivity contribution is 5.90. The first-order valence-electron chi connectivity index (χ1n) is 11.6. The van der Waals surface area contributed by atoms with Crippen LogP contribution in [0, 0.1) is 0 Å². The van der Waals surface area contributed by atoms with E-state index < -0.39 is 36.4 Å². The van der Waals surface area contributed by atoms with E-state index in [9.17, 15) is 24.3 Å². The van der Waals surface area contributed by atoms with E-state index in [4.69, 9.17) is 14.2 Å². The SMILES string of the molecule is CCCCOC(=O)CC(O)(CC(=O)OCCCC)C(=O)OCCCC.CCOC(=O)CC. The molecule has 188 valence electrons. The molecule has 0 aromatic carbocycles. The molecule has 0 aromatic heterocycles. The predicted molar refractivity (Wildman–Crippen MR) is 119 cm³/mol. The van der Waals surface area contributed by atoms with Crippen LogP contribution in [-0.4, -0.2) is 61.0 Å². The number of aliphatic hydroxyl groups is 1. The molecule has 0 saturated carbocycles. The van der Waals surface area contributed by atoms with Gasteiger partial charge < -0.3 is 24.1 Å². The summed E-state index contributed by atoms with van der Waals surface area (Å²) >= 11 is 0. The third-order valence-electron chi connectivity index (χ3n) is 4.10. The normalized spacial score (nSPS) is 10.4. The third kappa shape index (κ3) is 17.5. The molecular weight excluding hydrogens is 420 g/mol. The van der Waals surface area contributed by atoms with E-state index >= 15 is 0 Å². The molecule has 0 heterocycles. The van der Waals surface area contributed by atoms with Gasteiger partial charge in [-0.2, -0.15) is 0 Å². The lowest BCUT2D eigenvalue weighted by Crippen LogP contribution is -2.45. The smallest absolute Gasteiger partial charge is 0.339 e. The fourth-order valence-corrected chi connectivity index (χ4v) is 2.15. The molecule has 0 radical (unpaired) electrons. The molecule has 9 heteroatoms. The summed E-state index contributed by atoms with van der Waals surface area (Å²) in [5.41, 5.74) is -2.26. The van der Waals surface area contributed by atoms with Crippen molar-refractivity contribution in [3.63, 3.8) is 0 Å². The standard InChI is InChI=1S/C18H32O7.C5H10O2/c1-4-7-10-23-15(19)13-18(22,17(21)25-12-9-6-3)14-16(20)24-11-8-5-2;1-3-5(6)7-4-2/h22H,4-14H2,1-3H3;3-4H2,1-2H3. The van der Waals surface area contributed by atoms with Gasteiger partial charge in [0.15, 0.2) is 5.60 Å². The van der Waals surface area contributed by atoms with Crippen LogP contribution in [0.15, 0.2) is 0 Å². The summed E-state index contributed by atoms with van der Waals surface area (Å²) in [5.74, 6) is -2.61. The Kier molecular flexibility index (Phi) is 20.7. The summed E-state index contributed by atoms with van der Waals surface area (Å²) in [7, 11) is 0. The van der Waals surface area contributed by atoms with Crippen molar-refractivity contribution in [1.82, 2.24) is 0 Å². The van der Waals surface area contributed by atoms with E-state index in [0.717, 1.165) is 19.3 Å². The van der Waals surface area contributed by atoms with E-state index in [1.807, 2.05) is 20.8 Å². The Morgan fingerprint density at radius 2 is 1.03 bits per heavy atom. The second kappa shape index (κ2) is 20.7. The van der Waals surface area contributed by atoms with Crippen LogP contribution in [-0.2, 0) is 38.1 Å². The maximum atomic E-state index is 12.2. The van der Waals surface area contributed by atoms with Crippen molar-refractivity contribution in [3.8, 4) is 0 Å². The number of carbonyl (C=O) groups excluding carboxylic acids is 4. The Bertz CT molecular complexity index is 508. The van der Waals surface area contributed by atoms with Crippen LogP contribution in [0.2, 0.25) is 0 Å². The monoisotopic (exact) mass is 462 g/mol. The molecule has 0 spiro atoms. The molecule has 0 rings (SSSR count). The van der Waals surface area contributed by atoms with Crippen LogP contribution in [0.1, 0.15) is 92.4 Å². The highest BCUT2D eigenvalue weighted by Crippen LogP contribution is 2.20. The minimum absolute atomic E-state index is 0.118. The molecule has 0 atom stereocenters. The molecule has 0 aliphatic rings. The van der Waals surface area contributed by atoms with Gasteiger partial charge in [-0.1, -0.05) is 47.0 Å². The highest BCUT2D eigenvalue weighted by Gasteiger charge is 2.43. The summed E-state index contributed by atoms with van der Waals surface area (Å²) in [6, 6.07) is 0. The lowest BCUT2D eigenvalue weighted by atomic mass is 9.95. The summed E-state index contributed by atoms with van der Waals surface area (Å²) in [6.07, 6.45) is 3.71. The first-order valence-corrected chi connectivity index (χ1v) is 11.6. The van der Waals surface area contributed by atoms with Gasteiger partial charge in [-0.15, -0.1) is 0 Å². The number of hydrogen-bond acceptors (Lipinski definition) is 9. The molecule has 0 aliphatic carbocycles. The maximum Gasteiger partial charge on any atom is 0.339 e. The van der Waals surface area contributed by atoms with Crippen LogP contribution in [0.3, 0.4) is 0 Å².